The van der Waals surface area contributed by atoms with Crippen molar-refractivity contribution in [3.8, 4) is 0 Å². The van der Waals surface area contributed by atoms with Gasteiger partial charge in [-0.3, -0.25) is 0 Å². The van der Waals surface area contributed by atoms with E-state index in [1.807, 2.05) is 31.2 Å². The minimum atomic E-state index is -0.253. The van der Waals surface area contributed by atoms with Crippen molar-refractivity contribution >= 4 is 11.7 Å². The number of ether oxygens (including phenoxy) is 1. The van der Waals surface area contributed by atoms with Gasteiger partial charge in [-0.05, 0) is 50.5 Å². The monoisotopic (exact) mass is 261 g/mol. The highest BCUT2D eigenvalue weighted by Crippen LogP contribution is 2.31. The number of anilines is 1. The lowest BCUT2D eigenvalue weighted by Crippen LogP contribution is -2.23. The molecule has 2 rings (SSSR count). The molecule has 1 saturated carbocycles. The van der Waals surface area contributed by atoms with Gasteiger partial charge in [0.05, 0.1) is 12.2 Å². The predicted octanol–water partition coefficient (Wildman–Crippen LogP) is 3.85. The maximum Gasteiger partial charge on any atom is 0.338 e. The molecule has 104 valence electrons. The van der Waals surface area contributed by atoms with Gasteiger partial charge in [-0.15, -0.1) is 0 Å². The van der Waals surface area contributed by atoms with Gasteiger partial charge in [0.1, 0.15) is 0 Å². The van der Waals surface area contributed by atoms with E-state index in [1.165, 1.54) is 25.7 Å². The number of carbonyl (C=O) groups is 1. The van der Waals surface area contributed by atoms with Crippen LogP contribution in [0.15, 0.2) is 24.3 Å². The van der Waals surface area contributed by atoms with Crippen molar-refractivity contribution in [3.05, 3.63) is 29.8 Å². The molecule has 0 spiro atoms. The maximum absolute atomic E-state index is 11.5. The summed E-state index contributed by atoms with van der Waals surface area (Å²) in [4.78, 5) is 11.5. The van der Waals surface area contributed by atoms with Crippen molar-refractivity contribution in [2.24, 2.45) is 5.92 Å². The number of benzene rings is 1. The number of hydrogen-bond acceptors (Lipinski definition) is 3. The Morgan fingerprint density at radius 2 is 2.05 bits per heavy atom. The Hall–Kier alpha value is -1.51. The standard InChI is InChI=1S/C16H23NO2/c1-3-19-16(18)14-7-9-15(10-8-14)17-12(2)11-13-5-4-6-13/h7-10,12-13,17H,3-6,11H2,1-2H3. The first-order chi connectivity index (χ1) is 9.19. The highest BCUT2D eigenvalue weighted by Gasteiger charge is 2.19. The van der Waals surface area contributed by atoms with E-state index >= 15 is 0 Å². The molecule has 0 heterocycles. The topological polar surface area (TPSA) is 38.3 Å². The fourth-order valence-electron chi connectivity index (χ4n) is 2.49. The lowest BCUT2D eigenvalue weighted by atomic mass is 9.81. The van der Waals surface area contributed by atoms with E-state index in [9.17, 15) is 4.79 Å². The first kappa shape index (κ1) is 13.9. The summed E-state index contributed by atoms with van der Waals surface area (Å²) in [6.07, 6.45) is 5.40. The van der Waals surface area contributed by atoms with E-state index < -0.39 is 0 Å². The molecule has 1 aromatic carbocycles. The Labute approximate surface area is 115 Å². The zero-order valence-electron chi connectivity index (χ0n) is 11.8. The summed E-state index contributed by atoms with van der Waals surface area (Å²) in [5.74, 6) is 0.651. The van der Waals surface area contributed by atoms with E-state index in [-0.39, 0.29) is 5.97 Å². The number of rotatable bonds is 6. The molecule has 1 aromatic rings. The molecule has 0 radical (unpaired) electrons. The highest BCUT2D eigenvalue weighted by molar-refractivity contribution is 5.89. The Kier molecular flexibility index (Phi) is 4.83. The Balaban J connectivity index is 1.85. The van der Waals surface area contributed by atoms with Crippen LogP contribution in [0.2, 0.25) is 0 Å². The average Bonchev–Trinajstić information content (AvgIpc) is 2.35. The van der Waals surface area contributed by atoms with Gasteiger partial charge in [-0.25, -0.2) is 4.79 Å². The Morgan fingerprint density at radius 1 is 1.37 bits per heavy atom. The summed E-state index contributed by atoms with van der Waals surface area (Å²) in [5, 5.41) is 3.49. The summed E-state index contributed by atoms with van der Waals surface area (Å²) >= 11 is 0. The van der Waals surface area contributed by atoms with Gasteiger partial charge in [0.2, 0.25) is 0 Å². The van der Waals surface area contributed by atoms with E-state index in [1.54, 1.807) is 0 Å². The van der Waals surface area contributed by atoms with Crippen molar-refractivity contribution in [2.75, 3.05) is 11.9 Å². The van der Waals surface area contributed by atoms with Crippen molar-refractivity contribution in [3.63, 3.8) is 0 Å². The molecule has 0 aliphatic heterocycles. The minimum absolute atomic E-state index is 0.253. The molecule has 1 fully saturated rings. The number of nitrogens with one attached hydrogen (secondary N) is 1. The Bertz CT molecular complexity index is 409. The zero-order chi connectivity index (χ0) is 13.7. The second-order valence-electron chi connectivity index (χ2n) is 5.38. The molecule has 0 aromatic heterocycles. The summed E-state index contributed by atoms with van der Waals surface area (Å²) in [5.41, 5.74) is 1.68. The summed E-state index contributed by atoms with van der Waals surface area (Å²) in [7, 11) is 0. The molecular weight excluding hydrogens is 238 g/mol. The van der Waals surface area contributed by atoms with Crippen molar-refractivity contribution < 1.29 is 9.53 Å². The third kappa shape index (κ3) is 3.98. The van der Waals surface area contributed by atoms with E-state index in [0.29, 0.717) is 18.2 Å². The first-order valence-corrected chi connectivity index (χ1v) is 7.22. The molecule has 1 aliphatic carbocycles. The smallest absolute Gasteiger partial charge is 0.338 e. The van der Waals surface area contributed by atoms with Gasteiger partial charge in [0, 0.05) is 11.7 Å². The normalized spacial score (nSPS) is 16.5. The molecule has 19 heavy (non-hydrogen) atoms. The van der Waals surface area contributed by atoms with Crippen LogP contribution in [0.5, 0.6) is 0 Å². The van der Waals surface area contributed by atoms with Crippen LogP contribution in [-0.4, -0.2) is 18.6 Å². The summed E-state index contributed by atoms with van der Waals surface area (Å²) in [6, 6.07) is 8.01. The van der Waals surface area contributed by atoms with Crippen molar-refractivity contribution in [2.45, 2.75) is 45.6 Å². The number of hydrogen-bond donors (Lipinski definition) is 1. The third-order valence-electron chi connectivity index (χ3n) is 3.72. The summed E-state index contributed by atoms with van der Waals surface area (Å²) < 4.78 is 4.96. The molecular formula is C16H23NO2. The predicted molar refractivity (Wildman–Crippen MR) is 77.4 cm³/mol. The fourth-order valence-corrected chi connectivity index (χ4v) is 2.49. The van der Waals surface area contributed by atoms with Gasteiger partial charge in [0.15, 0.2) is 0 Å². The van der Waals surface area contributed by atoms with E-state index in [4.69, 9.17) is 4.74 Å². The number of carbonyl (C=O) groups excluding carboxylic acids is 1. The molecule has 0 bridgehead atoms. The largest absolute Gasteiger partial charge is 0.462 e. The number of esters is 1. The molecule has 3 nitrogen and oxygen atoms in total. The lowest BCUT2D eigenvalue weighted by Gasteiger charge is -2.28. The van der Waals surface area contributed by atoms with E-state index in [2.05, 4.69) is 12.2 Å². The van der Waals surface area contributed by atoms with Gasteiger partial charge >= 0.3 is 5.97 Å². The van der Waals surface area contributed by atoms with E-state index in [0.717, 1.165) is 11.6 Å². The molecule has 0 amide bonds. The molecule has 1 atom stereocenters. The van der Waals surface area contributed by atoms with Crippen LogP contribution in [0.25, 0.3) is 0 Å². The van der Waals surface area contributed by atoms with Gasteiger partial charge in [-0.2, -0.15) is 0 Å². The van der Waals surface area contributed by atoms with Crippen LogP contribution < -0.4 is 5.32 Å². The second kappa shape index (κ2) is 6.60. The Morgan fingerprint density at radius 3 is 2.58 bits per heavy atom. The van der Waals surface area contributed by atoms with Crippen LogP contribution in [0.1, 0.15) is 49.9 Å². The van der Waals surface area contributed by atoms with Gasteiger partial charge in [-0.1, -0.05) is 19.3 Å². The fraction of sp³-hybridized carbons (Fsp3) is 0.562. The van der Waals surface area contributed by atoms with Gasteiger partial charge in [0.25, 0.3) is 0 Å². The third-order valence-corrected chi connectivity index (χ3v) is 3.72. The minimum Gasteiger partial charge on any atom is -0.462 e. The summed E-state index contributed by atoms with van der Waals surface area (Å²) in [6.45, 7) is 4.45. The highest BCUT2D eigenvalue weighted by atomic mass is 16.5. The van der Waals surface area contributed by atoms with Crippen LogP contribution in [0.4, 0.5) is 5.69 Å². The van der Waals surface area contributed by atoms with Crippen LogP contribution in [0.3, 0.4) is 0 Å². The zero-order valence-corrected chi connectivity index (χ0v) is 11.8. The van der Waals surface area contributed by atoms with Crippen LogP contribution in [-0.2, 0) is 4.74 Å². The lowest BCUT2D eigenvalue weighted by molar-refractivity contribution is 0.0526. The molecule has 1 aliphatic rings. The molecule has 0 saturated heterocycles. The molecule has 1 unspecified atom stereocenters. The van der Waals surface area contributed by atoms with Crippen molar-refractivity contribution in [1.29, 1.82) is 0 Å². The maximum atomic E-state index is 11.5. The molecule has 1 N–H and O–H groups in total. The van der Waals surface area contributed by atoms with Crippen molar-refractivity contribution in [1.82, 2.24) is 0 Å². The van der Waals surface area contributed by atoms with Crippen LogP contribution in [0, 0.1) is 5.92 Å². The first-order valence-electron chi connectivity index (χ1n) is 7.22. The average molecular weight is 261 g/mol. The van der Waals surface area contributed by atoms with Crippen LogP contribution >= 0.6 is 0 Å². The molecule has 3 heteroatoms. The quantitative estimate of drug-likeness (QED) is 0.790. The SMILES string of the molecule is CCOC(=O)c1ccc(NC(C)CC2CCC2)cc1. The van der Waals surface area contributed by atoms with Gasteiger partial charge < -0.3 is 10.1 Å². The second-order valence-corrected chi connectivity index (χ2v) is 5.38.